The largest absolute Gasteiger partial charge is 0.478 e. The van der Waals surface area contributed by atoms with Crippen LogP contribution in [0.1, 0.15) is 46.0 Å². The van der Waals surface area contributed by atoms with Crippen molar-refractivity contribution in [1.82, 2.24) is 5.32 Å². The predicted molar refractivity (Wildman–Crippen MR) is 74.1 cm³/mol. The van der Waals surface area contributed by atoms with Crippen molar-refractivity contribution in [3.8, 4) is 0 Å². The number of amides is 1. The second-order valence-corrected chi connectivity index (χ2v) is 5.48. The molecule has 0 aliphatic carbocycles. The molecule has 1 aliphatic rings. The summed E-state index contributed by atoms with van der Waals surface area (Å²) in [6.07, 6.45) is 1.92. The number of carboxylic acids is 1. The van der Waals surface area contributed by atoms with Crippen molar-refractivity contribution in [2.45, 2.75) is 32.3 Å². The summed E-state index contributed by atoms with van der Waals surface area (Å²) in [4.78, 5) is 23.1. The van der Waals surface area contributed by atoms with Crippen molar-refractivity contribution >= 4 is 11.9 Å². The van der Waals surface area contributed by atoms with Gasteiger partial charge >= 0.3 is 5.97 Å². The fraction of sp³-hybridized carbons (Fsp3) is 0.467. The Hall–Kier alpha value is -1.88. The first-order valence-corrected chi connectivity index (χ1v) is 6.67. The maximum atomic E-state index is 12.1. The summed E-state index contributed by atoms with van der Waals surface area (Å²) in [5, 5.41) is 11.8. The van der Waals surface area contributed by atoms with Crippen LogP contribution in [-0.4, -0.2) is 35.7 Å². The van der Waals surface area contributed by atoms with E-state index in [1.165, 1.54) is 6.07 Å². The Labute approximate surface area is 117 Å². The first kappa shape index (κ1) is 14.5. The minimum Gasteiger partial charge on any atom is -0.478 e. The normalized spacial score (nSPS) is 21.7. The number of carboxylic acid groups (broad SMARTS) is 1. The van der Waals surface area contributed by atoms with Gasteiger partial charge in [-0.1, -0.05) is 0 Å². The SMILES string of the molecule is Cc1cc(C(=O)O)cc(C(=O)NCC2(C)CCCO2)c1. The molecule has 1 aromatic rings. The lowest BCUT2D eigenvalue weighted by Crippen LogP contribution is -2.40. The predicted octanol–water partition coefficient (Wildman–Crippen LogP) is 1.99. The molecule has 5 nitrogen and oxygen atoms in total. The third kappa shape index (κ3) is 3.36. The highest BCUT2D eigenvalue weighted by Crippen LogP contribution is 2.24. The van der Waals surface area contributed by atoms with E-state index in [-0.39, 0.29) is 17.1 Å². The molecule has 0 bridgehead atoms. The summed E-state index contributed by atoms with van der Waals surface area (Å²) >= 11 is 0. The van der Waals surface area contributed by atoms with E-state index < -0.39 is 5.97 Å². The van der Waals surface area contributed by atoms with Crippen LogP contribution in [0.3, 0.4) is 0 Å². The summed E-state index contributed by atoms with van der Waals surface area (Å²) in [5.41, 5.74) is 0.926. The van der Waals surface area contributed by atoms with E-state index in [0.717, 1.165) is 25.0 Å². The molecule has 2 rings (SSSR count). The molecule has 0 spiro atoms. The van der Waals surface area contributed by atoms with Gasteiger partial charge in [-0.3, -0.25) is 4.79 Å². The summed E-state index contributed by atoms with van der Waals surface area (Å²) in [7, 11) is 0. The van der Waals surface area contributed by atoms with Gasteiger partial charge < -0.3 is 15.2 Å². The van der Waals surface area contributed by atoms with Gasteiger partial charge in [-0.05, 0) is 50.5 Å². The van der Waals surface area contributed by atoms with Crippen molar-refractivity contribution in [3.05, 3.63) is 34.9 Å². The van der Waals surface area contributed by atoms with E-state index in [2.05, 4.69) is 5.32 Å². The first-order chi connectivity index (χ1) is 9.39. The van der Waals surface area contributed by atoms with E-state index in [4.69, 9.17) is 9.84 Å². The zero-order chi connectivity index (χ0) is 14.8. The number of ether oxygens (including phenoxy) is 1. The topological polar surface area (TPSA) is 75.6 Å². The summed E-state index contributed by atoms with van der Waals surface area (Å²) in [6, 6.07) is 4.61. The van der Waals surface area contributed by atoms with E-state index in [0.29, 0.717) is 12.1 Å². The third-order valence-electron chi connectivity index (χ3n) is 3.51. The van der Waals surface area contributed by atoms with Gasteiger partial charge in [0.2, 0.25) is 0 Å². The number of hydrogen-bond donors (Lipinski definition) is 2. The molecule has 20 heavy (non-hydrogen) atoms. The number of carbonyl (C=O) groups is 2. The quantitative estimate of drug-likeness (QED) is 0.882. The smallest absolute Gasteiger partial charge is 0.335 e. The lowest BCUT2D eigenvalue weighted by molar-refractivity contribution is 0.0206. The van der Waals surface area contributed by atoms with Crippen molar-refractivity contribution in [1.29, 1.82) is 0 Å². The summed E-state index contributed by atoms with van der Waals surface area (Å²) in [5.74, 6) is -1.30. The molecule has 1 saturated heterocycles. The van der Waals surface area contributed by atoms with E-state index in [1.807, 2.05) is 6.92 Å². The van der Waals surface area contributed by atoms with Crippen molar-refractivity contribution in [2.75, 3.05) is 13.2 Å². The average Bonchev–Trinajstić information content (AvgIpc) is 2.82. The molecule has 5 heteroatoms. The number of aromatic carboxylic acids is 1. The maximum absolute atomic E-state index is 12.1. The lowest BCUT2D eigenvalue weighted by Gasteiger charge is -2.23. The Bertz CT molecular complexity index is 533. The van der Waals surface area contributed by atoms with Gasteiger partial charge in [0, 0.05) is 18.7 Å². The van der Waals surface area contributed by atoms with Crippen LogP contribution < -0.4 is 5.32 Å². The van der Waals surface area contributed by atoms with Gasteiger partial charge in [0.1, 0.15) is 0 Å². The van der Waals surface area contributed by atoms with Gasteiger partial charge in [-0.2, -0.15) is 0 Å². The van der Waals surface area contributed by atoms with Crippen LogP contribution in [-0.2, 0) is 4.74 Å². The molecule has 1 fully saturated rings. The van der Waals surface area contributed by atoms with Gasteiger partial charge in [-0.15, -0.1) is 0 Å². The van der Waals surface area contributed by atoms with Crippen LogP contribution in [0, 0.1) is 6.92 Å². The molecular weight excluding hydrogens is 258 g/mol. The minimum absolute atomic E-state index is 0.124. The monoisotopic (exact) mass is 277 g/mol. The molecule has 0 radical (unpaired) electrons. The zero-order valence-corrected chi connectivity index (χ0v) is 11.7. The average molecular weight is 277 g/mol. The second kappa shape index (κ2) is 5.63. The van der Waals surface area contributed by atoms with Crippen LogP contribution in [0.25, 0.3) is 0 Å². The molecular formula is C15H19NO4. The van der Waals surface area contributed by atoms with Crippen LogP contribution in [0.4, 0.5) is 0 Å². The molecule has 1 unspecified atom stereocenters. The highest BCUT2D eigenvalue weighted by Gasteiger charge is 2.30. The molecule has 1 aliphatic heterocycles. The molecule has 1 atom stereocenters. The first-order valence-electron chi connectivity index (χ1n) is 6.67. The van der Waals surface area contributed by atoms with Gasteiger partial charge in [-0.25, -0.2) is 4.79 Å². The Morgan fingerprint density at radius 2 is 2.05 bits per heavy atom. The third-order valence-corrected chi connectivity index (χ3v) is 3.51. The van der Waals surface area contributed by atoms with Crippen molar-refractivity contribution in [3.63, 3.8) is 0 Å². The van der Waals surface area contributed by atoms with Crippen LogP contribution >= 0.6 is 0 Å². The number of nitrogens with one attached hydrogen (secondary N) is 1. The number of aryl methyl sites for hydroxylation is 1. The Kier molecular flexibility index (Phi) is 4.09. The molecule has 2 N–H and O–H groups in total. The maximum Gasteiger partial charge on any atom is 0.335 e. The summed E-state index contributed by atoms with van der Waals surface area (Å²) in [6.45, 7) is 4.89. The highest BCUT2D eigenvalue weighted by atomic mass is 16.5. The van der Waals surface area contributed by atoms with E-state index in [9.17, 15) is 9.59 Å². The number of carbonyl (C=O) groups excluding carboxylic acids is 1. The minimum atomic E-state index is -1.03. The van der Waals surface area contributed by atoms with Crippen molar-refractivity contribution in [2.24, 2.45) is 0 Å². The molecule has 1 aromatic carbocycles. The fourth-order valence-electron chi connectivity index (χ4n) is 2.38. The second-order valence-electron chi connectivity index (χ2n) is 5.48. The Morgan fingerprint density at radius 3 is 2.65 bits per heavy atom. The fourth-order valence-corrected chi connectivity index (χ4v) is 2.38. The van der Waals surface area contributed by atoms with Crippen LogP contribution in [0.15, 0.2) is 18.2 Å². The number of benzene rings is 1. The molecule has 1 amide bonds. The number of hydrogen-bond acceptors (Lipinski definition) is 3. The van der Waals surface area contributed by atoms with Gasteiger partial charge in [0.25, 0.3) is 5.91 Å². The zero-order valence-electron chi connectivity index (χ0n) is 11.7. The lowest BCUT2D eigenvalue weighted by atomic mass is 10.0. The van der Waals surface area contributed by atoms with E-state index in [1.54, 1.807) is 19.1 Å². The molecule has 0 saturated carbocycles. The Balaban J connectivity index is 2.07. The molecule has 0 aromatic heterocycles. The molecule has 1 heterocycles. The standard InChI is InChI=1S/C15H19NO4/c1-10-6-11(8-12(7-10)14(18)19)13(17)16-9-15(2)4-3-5-20-15/h6-8H,3-5,9H2,1-2H3,(H,16,17)(H,18,19). The van der Waals surface area contributed by atoms with Crippen LogP contribution in [0.5, 0.6) is 0 Å². The number of rotatable bonds is 4. The highest BCUT2D eigenvalue weighted by molar-refractivity contribution is 5.97. The Morgan fingerprint density at radius 1 is 1.35 bits per heavy atom. The van der Waals surface area contributed by atoms with Crippen molar-refractivity contribution < 1.29 is 19.4 Å². The van der Waals surface area contributed by atoms with Gasteiger partial charge in [0.15, 0.2) is 0 Å². The summed E-state index contributed by atoms with van der Waals surface area (Å²) < 4.78 is 5.60. The van der Waals surface area contributed by atoms with Gasteiger partial charge in [0.05, 0.1) is 11.2 Å². The van der Waals surface area contributed by atoms with Crippen LogP contribution in [0.2, 0.25) is 0 Å². The van der Waals surface area contributed by atoms with E-state index >= 15 is 0 Å². The molecule has 108 valence electrons.